The first-order valence-electron chi connectivity index (χ1n) is 5.25. The van der Waals surface area contributed by atoms with Crippen LogP contribution >= 0.6 is 0 Å². The molecule has 1 saturated heterocycles. The zero-order valence-corrected chi connectivity index (χ0v) is 9.07. The SMILES string of the molecule is Nc1c(F)cc(C(=O)O)cc1NC[C@@H]1CCO1. The van der Waals surface area contributed by atoms with Gasteiger partial charge < -0.3 is 20.9 Å². The van der Waals surface area contributed by atoms with Gasteiger partial charge in [-0.2, -0.15) is 0 Å². The minimum Gasteiger partial charge on any atom is -0.478 e. The van der Waals surface area contributed by atoms with Crippen LogP contribution in [0.2, 0.25) is 0 Å². The van der Waals surface area contributed by atoms with Crippen LogP contribution in [0, 0.1) is 5.82 Å². The van der Waals surface area contributed by atoms with Crippen LogP contribution in [0.5, 0.6) is 0 Å². The van der Waals surface area contributed by atoms with Gasteiger partial charge in [-0.25, -0.2) is 9.18 Å². The number of hydrogen-bond donors (Lipinski definition) is 3. The number of hydrogen-bond acceptors (Lipinski definition) is 4. The highest BCUT2D eigenvalue weighted by Crippen LogP contribution is 2.25. The van der Waals surface area contributed by atoms with Crippen molar-refractivity contribution < 1.29 is 19.0 Å². The van der Waals surface area contributed by atoms with Crippen molar-refractivity contribution in [2.45, 2.75) is 12.5 Å². The molecule has 1 aliphatic rings. The van der Waals surface area contributed by atoms with Crippen molar-refractivity contribution in [3.05, 3.63) is 23.5 Å². The molecule has 1 fully saturated rings. The number of carbonyl (C=O) groups is 1. The number of aromatic carboxylic acids is 1. The lowest BCUT2D eigenvalue weighted by Crippen LogP contribution is -2.33. The fraction of sp³-hybridized carbons (Fsp3) is 0.364. The number of nitrogens with one attached hydrogen (secondary N) is 1. The van der Waals surface area contributed by atoms with Crippen molar-refractivity contribution >= 4 is 17.3 Å². The van der Waals surface area contributed by atoms with Crippen molar-refractivity contribution in [2.24, 2.45) is 0 Å². The first kappa shape index (κ1) is 11.7. The van der Waals surface area contributed by atoms with E-state index in [2.05, 4.69) is 5.32 Å². The smallest absolute Gasteiger partial charge is 0.335 e. The normalized spacial score (nSPS) is 18.5. The van der Waals surface area contributed by atoms with E-state index in [4.69, 9.17) is 15.6 Å². The Balaban J connectivity index is 2.15. The monoisotopic (exact) mass is 240 g/mol. The number of carboxylic acid groups (broad SMARTS) is 1. The van der Waals surface area contributed by atoms with Crippen molar-refractivity contribution in [2.75, 3.05) is 24.2 Å². The number of rotatable bonds is 4. The number of ether oxygens (including phenoxy) is 1. The minimum absolute atomic E-state index is 0.0747. The van der Waals surface area contributed by atoms with Crippen LogP contribution in [-0.2, 0) is 4.74 Å². The van der Waals surface area contributed by atoms with E-state index in [0.717, 1.165) is 19.1 Å². The molecule has 0 bridgehead atoms. The van der Waals surface area contributed by atoms with Crippen LogP contribution < -0.4 is 11.1 Å². The molecular formula is C11H13FN2O3. The molecule has 1 aromatic rings. The van der Waals surface area contributed by atoms with Crippen LogP contribution in [0.1, 0.15) is 16.8 Å². The van der Waals surface area contributed by atoms with Crippen LogP contribution in [-0.4, -0.2) is 30.3 Å². The number of nitrogen functional groups attached to an aromatic ring is 1. The molecular weight excluding hydrogens is 227 g/mol. The molecule has 17 heavy (non-hydrogen) atoms. The van der Waals surface area contributed by atoms with Crippen molar-refractivity contribution in [3.8, 4) is 0 Å². The van der Waals surface area contributed by atoms with E-state index in [0.29, 0.717) is 6.54 Å². The van der Waals surface area contributed by atoms with Gasteiger partial charge in [0.1, 0.15) is 5.82 Å². The summed E-state index contributed by atoms with van der Waals surface area (Å²) < 4.78 is 18.5. The summed E-state index contributed by atoms with van der Waals surface area (Å²) in [7, 11) is 0. The van der Waals surface area contributed by atoms with Gasteiger partial charge in [-0.1, -0.05) is 0 Å². The molecule has 1 atom stereocenters. The lowest BCUT2D eigenvalue weighted by Gasteiger charge is -2.27. The number of nitrogens with two attached hydrogens (primary N) is 1. The predicted octanol–water partition coefficient (Wildman–Crippen LogP) is 1.31. The number of halogens is 1. The summed E-state index contributed by atoms with van der Waals surface area (Å²) in [5.74, 6) is -1.92. The second kappa shape index (κ2) is 4.58. The maximum Gasteiger partial charge on any atom is 0.335 e. The average molecular weight is 240 g/mol. The highest BCUT2D eigenvalue weighted by Gasteiger charge is 2.19. The Morgan fingerprint density at radius 2 is 2.35 bits per heavy atom. The van der Waals surface area contributed by atoms with Crippen LogP contribution in [0.3, 0.4) is 0 Å². The van der Waals surface area contributed by atoms with Crippen LogP contribution in [0.15, 0.2) is 12.1 Å². The molecule has 0 saturated carbocycles. The summed E-state index contributed by atoms with van der Waals surface area (Å²) in [4.78, 5) is 10.8. The number of carboxylic acids is 1. The van der Waals surface area contributed by atoms with E-state index in [1.54, 1.807) is 0 Å². The maximum atomic E-state index is 13.4. The van der Waals surface area contributed by atoms with Gasteiger partial charge in [-0.3, -0.25) is 0 Å². The highest BCUT2D eigenvalue weighted by atomic mass is 19.1. The second-order valence-corrected chi connectivity index (χ2v) is 3.89. The van der Waals surface area contributed by atoms with Gasteiger partial charge in [0.25, 0.3) is 0 Å². The molecule has 1 aliphatic heterocycles. The quantitative estimate of drug-likeness (QED) is 0.691. The summed E-state index contributed by atoms with van der Waals surface area (Å²) in [5.41, 5.74) is 5.61. The van der Waals surface area contributed by atoms with Crippen LogP contribution in [0.4, 0.5) is 15.8 Å². The average Bonchev–Trinajstić information content (AvgIpc) is 2.21. The summed E-state index contributed by atoms with van der Waals surface area (Å²) in [6, 6.07) is 2.22. The summed E-state index contributed by atoms with van der Waals surface area (Å²) in [5, 5.41) is 11.7. The molecule has 5 nitrogen and oxygen atoms in total. The van der Waals surface area contributed by atoms with E-state index >= 15 is 0 Å². The molecule has 0 spiro atoms. The Labute approximate surface area is 97.4 Å². The van der Waals surface area contributed by atoms with E-state index in [9.17, 15) is 9.18 Å². The maximum absolute atomic E-state index is 13.4. The first-order valence-corrected chi connectivity index (χ1v) is 5.25. The van der Waals surface area contributed by atoms with Gasteiger partial charge in [-0.05, 0) is 18.6 Å². The predicted molar refractivity (Wildman–Crippen MR) is 60.6 cm³/mol. The first-order chi connectivity index (χ1) is 8.08. The fourth-order valence-electron chi connectivity index (χ4n) is 1.56. The van der Waals surface area contributed by atoms with Gasteiger partial charge in [0.05, 0.1) is 23.0 Å². The topological polar surface area (TPSA) is 84.6 Å². The molecule has 1 aromatic carbocycles. The zero-order chi connectivity index (χ0) is 12.4. The molecule has 0 radical (unpaired) electrons. The zero-order valence-electron chi connectivity index (χ0n) is 9.07. The lowest BCUT2D eigenvalue weighted by molar-refractivity contribution is -0.0410. The Morgan fingerprint density at radius 1 is 1.65 bits per heavy atom. The van der Waals surface area contributed by atoms with Gasteiger partial charge in [0.15, 0.2) is 0 Å². The minimum atomic E-state index is -1.19. The lowest BCUT2D eigenvalue weighted by atomic mass is 10.1. The second-order valence-electron chi connectivity index (χ2n) is 3.89. The van der Waals surface area contributed by atoms with Gasteiger partial charge >= 0.3 is 5.97 Å². The van der Waals surface area contributed by atoms with Gasteiger partial charge in [0, 0.05) is 13.2 Å². The largest absolute Gasteiger partial charge is 0.478 e. The molecule has 92 valence electrons. The van der Waals surface area contributed by atoms with E-state index in [-0.39, 0.29) is 23.0 Å². The van der Waals surface area contributed by atoms with E-state index in [1.807, 2.05) is 0 Å². The molecule has 1 heterocycles. The molecule has 0 aliphatic carbocycles. The van der Waals surface area contributed by atoms with Crippen molar-refractivity contribution in [3.63, 3.8) is 0 Å². The fourth-order valence-corrected chi connectivity index (χ4v) is 1.56. The Morgan fingerprint density at radius 3 is 2.88 bits per heavy atom. The Hall–Kier alpha value is -1.82. The molecule has 0 aromatic heterocycles. The number of benzene rings is 1. The third-order valence-electron chi connectivity index (χ3n) is 2.69. The standard InChI is InChI=1S/C11H13FN2O3/c12-8-3-6(11(15)16)4-9(10(8)13)14-5-7-1-2-17-7/h3-4,7,14H,1-2,5,13H2,(H,15,16)/t7-/m0/s1. The van der Waals surface area contributed by atoms with Crippen molar-refractivity contribution in [1.82, 2.24) is 0 Å². The van der Waals surface area contributed by atoms with Crippen molar-refractivity contribution in [1.29, 1.82) is 0 Å². The van der Waals surface area contributed by atoms with E-state index < -0.39 is 11.8 Å². The summed E-state index contributed by atoms with van der Waals surface area (Å²) in [6.07, 6.45) is 1.03. The van der Waals surface area contributed by atoms with Crippen LogP contribution in [0.25, 0.3) is 0 Å². The molecule has 0 amide bonds. The molecule has 6 heteroatoms. The third-order valence-corrected chi connectivity index (χ3v) is 2.69. The summed E-state index contributed by atoms with van der Waals surface area (Å²) >= 11 is 0. The Bertz CT molecular complexity index is 447. The third kappa shape index (κ3) is 2.47. The van der Waals surface area contributed by atoms with E-state index in [1.165, 1.54) is 6.07 Å². The molecule has 2 rings (SSSR count). The number of anilines is 2. The van der Waals surface area contributed by atoms with Gasteiger partial charge in [0.2, 0.25) is 0 Å². The molecule has 4 N–H and O–H groups in total. The summed E-state index contributed by atoms with van der Waals surface area (Å²) in [6.45, 7) is 1.22. The highest BCUT2D eigenvalue weighted by molar-refractivity contribution is 5.90. The molecule has 0 unspecified atom stereocenters. The Kier molecular flexibility index (Phi) is 3.14. The van der Waals surface area contributed by atoms with Gasteiger partial charge in [-0.15, -0.1) is 0 Å².